The fourth-order valence-electron chi connectivity index (χ4n) is 2.23. The van der Waals surface area contributed by atoms with Crippen molar-refractivity contribution >= 4 is 29.1 Å². The predicted molar refractivity (Wildman–Crippen MR) is 71.5 cm³/mol. The summed E-state index contributed by atoms with van der Waals surface area (Å²) in [5.74, 6) is -1.48. The average molecular weight is 297 g/mol. The Bertz CT molecular complexity index is 535. The molecular weight excluding hydrogens is 282 g/mol. The van der Waals surface area contributed by atoms with Crippen LogP contribution >= 0.6 is 11.3 Å². The van der Waals surface area contributed by atoms with Crippen molar-refractivity contribution in [2.75, 3.05) is 13.1 Å². The maximum atomic E-state index is 12.2. The van der Waals surface area contributed by atoms with Gasteiger partial charge in [-0.1, -0.05) is 0 Å². The lowest BCUT2D eigenvalue weighted by Gasteiger charge is -2.30. The summed E-state index contributed by atoms with van der Waals surface area (Å²) < 4.78 is 0. The van der Waals surface area contributed by atoms with Gasteiger partial charge in [-0.15, -0.1) is 11.3 Å². The van der Waals surface area contributed by atoms with E-state index in [2.05, 4.69) is 4.98 Å². The maximum absolute atomic E-state index is 12.2. The van der Waals surface area contributed by atoms with Gasteiger partial charge in [0.05, 0.1) is 0 Å². The second-order valence-electron chi connectivity index (χ2n) is 4.75. The van der Waals surface area contributed by atoms with Crippen LogP contribution in [0.25, 0.3) is 0 Å². The van der Waals surface area contributed by atoms with Gasteiger partial charge < -0.3 is 15.7 Å². The van der Waals surface area contributed by atoms with E-state index in [-0.39, 0.29) is 28.4 Å². The van der Waals surface area contributed by atoms with Crippen molar-refractivity contribution in [2.45, 2.75) is 19.3 Å². The number of carbonyl (C=O) groups excluding carboxylic acids is 2. The van der Waals surface area contributed by atoms with Crippen LogP contribution in [0.5, 0.6) is 0 Å². The third kappa shape index (κ3) is 3.32. The Morgan fingerprint density at radius 2 is 2.05 bits per heavy atom. The van der Waals surface area contributed by atoms with E-state index in [1.54, 1.807) is 4.90 Å². The molecule has 0 atom stereocenters. The van der Waals surface area contributed by atoms with E-state index < -0.39 is 5.97 Å². The molecule has 7 nitrogen and oxygen atoms in total. The van der Waals surface area contributed by atoms with Crippen molar-refractivity contribution < 1.29 is 19.5 Å². The van der Waals surface area contributed by atoms with Gasteiger partial charge in [0.25, 0.3) is 5.91 Å². The number of hydrogen-bond donors (Lipinski definition) is 2. The van der Waals surface area contributed by atoms with Crippen molar-refractivity contribution in [3.05, 3.63) is 16.1 Å². The summed E-state index contributed by atoms with van der Waals surface area (Å²) in [6.07, 6.45) is 1.81. The number of thiazole rings is 1. The molecule has 8 heteroatoms. The van der Waals surface area contributed by atoms with Gasteiger partial charge in [-0.2, -0.15) is 0 Å². The van der Waals surface area contributed by atoms with E-state index >= 15 is 0 Å². The molecule has 3 N–H and O–H groups in total. The molecule has 2 heterocycles. The molecule has 1 fully saturated rings. The van der Waals surface area contributed by atoms with E-state index in [0.717, 1.165) is 24.2 Å². The van der Waals surface area contributed by atoms with Gasteiger partial charge in [-0.3, -0.25) is 9.59 Å². The smallest absolute Gasteiger partial charge is 0.355 e. The van der Waals surface area contributed by atoms with E-state index in [0.29, 0.717) is 19.5 Å². The zero-order chi connectivity index (χ0) is 14.7. The minimum atomic E-state index is -1.14. The minimum absolute atomic E-state index is 0.109. The zero-order valence-electron chi connectivity index (χ0n) is 10.7. The first-order valence-corrected chi connectivity index (χ1v) is 7.11. The number of nitrogens with two attached hydrogens (primary N) is 1. The number of aromatic nitrogens is 1. The fourth-order valence-corrected chi connectivity index (χ4v) is 2.99. The van der Waals surface area contributed by atoms with Gasteiger partial charge in [-0.05, 0) is 18.8 Å². The van der Waals surface area contributed by atoms with Crippen LogP contribution in [0.3, 0.4) is 0 Å². The molecule has 0 radical (unpaired) electrons. The largest absolute Gasteiger partial charge is 0.476 e. The molecule has 20 heavy (non-hydrogen) atoms. The molecule has 1 saturated heterocycles. The van der Waals surface area contributed by atoms with E-state index in [1.165, 1.54) is 5.38 Å². The van der Waals surface area contributed by atoms with Crippen molar-refractivity contribution in [2.24, 2.45) is 11.7 Å². The molecule has 0 spiro atoms. The molecule has 1 aromatic rings. The van der Waals surface area contributed by atoms with E-state index in [4.69, 9.17) is 10.8 Å². The summed E-state index contributed by atoms with van der Waals surface area (Å²) in [6, 6.07) is 0. The number of aromatic carboxylic acids is 1. The van der Waals surface area contributed by atoms with Crippen molar-refractivity contribution in [1.29, 1.82) is 0 Å². The van der Waals surface area contributed by atoms with Crippen LogP contribution in [-0.2, 0) is 4.79 Å². The summed E-state index contributed by atoms with van der Waals surface area (Å²) in [7, 11) is 0. The molecular formula is C12H15N3O4S. The second-order valence-corrected chi connectivity index (χ2v) is 5.61. The van der Waals surface area contributed by atoms with Crippen LogP contribution in [0.15, 0.2) is 5.38 Å². The molecule has 0 bridgehead atoms. The molecule has 1 aromatic heterocycles. The Morgan fingerprint density at radius 3 is 2.55 bits per heavy atom. The number of rotatable bonds is 4. The number of piperidine rings is 1. The first-order valence-electron chi connectivity index (χ1n) is 6.23. The lowest BCUT2D eigenvalue weighted by atomic mass is 9.93. The second kappa shape index (κ2) is 6.00. The van der Waals surface area contributed by atoms with Gasteiger partial charge in [0.1, 0.15) is 0 Å². The number of primary amides is 1. The fraction of sp³-hybridized carbons (Fsp3) is 0.500. The Morgan fingerprint density at radius 1 is 1.40 bits per heavy atom. The van der Waals surface area contributed by atoms with Gasteiger partial charge in [-0.25, -0.2) is 9.78 Å². The highest BCUT2D eigenvalue weighted by Crippen LogP contribution is 2.22. The summed E-state index contributed by atoms with van der Waals surface area (Å²) in [4.78, 5) is 39.2. The zero-order valence-corrected chi connectivity index (χ0v) is 11.6. The highest BCUT2D eigenvalue weighted by Gasteiger charge is 2.26. The van der Waals surface area contributed by atoms with Crippen molar-refractivity contribution in [3.8, 4) is 0 Å². The highest BCUT2D eigenvalue weighted by atomic mass is 32.1. The van der Waals surface area contributed by atoms with Crippen LogP contribution in [0.2, 0.25) is 0 Å². The first-order chi connectivity index (χ1) is 9.47. The molecule has 2 rings (SSSR count). The summed E-state index contributed by atoms with van der Waals surface area (Å²) >= 11 is 1.03. The van der Waals surface area contributed by atoms with Gasteiger partial charge in [0.2, 0.25) is 5.91 Å². The third-order valence-electron chi connectivity index (χ3n) is 3.30. The molecule has 1 aliphatic rings. The summed E-state index contributed by atoms with van der Waals surface area (Å²) in [6.45, 7) is 1.08. The van der Waals surface area contributed by atoms with Crippen molar-refractivity contribution in [1.82, 2.24) is 9.88 Å². The summed E-state index contributed by atoms with van der Waals surface area (Å²) in [5, 5.41) is 10.3. The number of likely N-dealkylation sites (tertiary alicyclic amines) is 1. The van der Waals surface area contributed by atoms with Crippen LogP contribution in [0.4, 0.5) is 0 Å². The number of carboxylic acid groups (broad SMARTS) is 1. The Kier molecular flexibility index (Phi) is 4.33. The SMILES string of the molecule is NC(=O)CC1CCN(C(=O)c2nc(C(=O)O)cs2)CC1. The Balaban J connectivity index is 1.94. The topological polar surface area (TPSA) is 114 Å². The number of amides is 2. The lowest BCUT2D eigenvalue weighted by Crippen LogP contribution is -2.39. The third-order valence-corrected chi connectivity index (χ3v) is 4.13. The Hall–Kier alpha value is -1.96. The number of carbonyl (C=O) groups is 3. The number of hydrogen-bond acceptors (Lipinski definition) is 5. The predicted octanol–water partition coefficient (Wildman–Crippen LogP) is 0.569. The molecule has 2 amide bonds. The first kappa shape index (κ1) is 14.4. The van der Waals surface area contributed by atoms with Crippen LogP contribution in [0.1, 0.15) is 39.6 Å². The van der Waals surface area contributed by atoms with Crippen LogP contribution in [-0.4, -0.2) is 45.9 Å². The Labute approximate surface area is 119 Å². The minimum Gasteiger partial charge on any atom is -0.476 e. The van der Waals surface area contributed by atoms with E-state index in [1.807, 2.05) is 0 Å². The summed E-state index contributed by atoms with van der Waals surface area (Å²) in [5.41, 5.74) is 5.05. The number of nitrogens with zero attached hydrogens (tertiary/aromatic N) is 2. The normalized spacial score (nSPS) is 16.1. The van der Waals surface area contributed by atoms with Crippen molar-refractivity contribution in [3.63, 3.8) is 0 Å². The van der Waals surface area contributed by atoms with Gasteiger partial charge in [0.15, 0.2) is 10.7 Å². The number of carboxylic acids is 1. The standard InChI is InChI=1S/C12H15N3O4S/c13-9(16)5-7-1-3-15(4-2-7)11(17)10-14-8(6-20-10)12(18)19/h6-7H,1-5H2,(H2,13,16)(H,18,19). The monoisotopic (exact) mass is 297 g/mol. The maximum Gasteiger partial charge on any atom is 0.355 e. The molecule has 0 aliphatic carbocycles. The molecule has 0 unspecified atom stereocenters. The van der Waals surface area contributed by atoms with Crippen LogP contribution < -0.4 is 5.73 Å². The highest BCUT2D eigenvalue weighted by molar-refractivity contribution is 7.11. The van der Waals surface area contributed by atoms with Crippen LogP contribution in [0, 0.1) is 5.92 Å². The molecule has 1 aliphatic heterocycles. The van der Waals surface area contributed by atoms with Gasteiger partial charge in [0, 0.05) is 24.9 Å². The van der Waals surface area contributed by atoms with E-state index in [9.17, 15) is 14.4 Å². The average Bonchev–Trinajstić information content (AvgIpc) is 2.88. The van der Waals surface area contributed by atoms with Gasteiger partial charge >= 0.3 is 5.97 Å². The molecule has 108 valence electrons. The molecule has 0 saturated carbocycles. The quantitative estimate of drug-likeness (QED) is 0.843. The molecule has 0 aromatic carbocycles. The lowest BCUT2D eigenvalue weighted by molar-refractivity contribution is -0.119.